The monoisotopic (exact) mass is 534 g/mol. The summed E-state index contributed by atoms with van der Waals surface area (Å²) in [7, 11) is 0. The van der Waals surface area contributed by atoms with E-state index >= 15 is 0 Å². The number of halogens is 6. The fourth-order valence-corrected chi connectivity index (χ4v) is 4.96. The van der Waals surface area contributed by atoms with Crippen molar-refractivity contribution in [3.05, 3.63) is 94.6 Å². The van der Waals surface area contributed by atoms with Crippen LogP contribution in [0.2, 0.25) is 0 Å². The Morgan fingerprint density at radius 1 is 0.763 bits per heavy atom. The lowest BCUT2D eigenvalue weighted by Crippen LogP contribution is -2.20. The highest BCUT2D eigenvalue weighted by molar-refractivity contribution is 5.67. The maximum absolute atomic E-state index is 14.8. The molecule has 1 fully saturated rings. The van der Waals surface area contributed by atoms with Crippen LogP contribution >= 0.6 is 0 Å². The Hall–Kier alpha value is -3.42. The Labute approximate surface area is 217 Å². The number of phenols is 1. The van der Waals surface area contributed by atoms with Crippen LogP contribution in [-0.2, 0) is 6.42 Å². The smallest absolute Gasteiger partial charge is 0.201 e. The molecule has 2 nitrogen and oxygen atoms in total. The van der Waals surface area contributed by atoms with E-state index in [0.717, 1.165) is 24.3 Å². The fourth-order valence-electron chi connectivity index (χ4n) is 4.96. The largest absolute Gasteiger partial charge is 0.505 e. The second kappa shape index (κ2) is 12.0. The van der Waals surface area contributed by atoms with Crippen LogP contribution in [0, 0.1) is 40.8 Å². The molecular formula is C30H28F6O2. The molecule has 0 aromatic heterocycles. The van der Waals surface area contributed by atoms with Crippen molar-refractivity contribution >= 4 is 0 Å². The highest BCUT2D eigenvalue weighted by atomic mass is 19.2. The minimum Gasteiger partial charge on any atom is -0.505 e. The van der Waals surface area contributed by atoms with Crippen molar-refractivity contribution in [2.75, 3.05) is 6.61 Å². The molecule has 3 aromatic rings. The third kappa shape index (κ3) is 5.69. The molecule has 1 aliphatic carbocycles. The molecule has 0 unspecified atom stereocenters. The summed E-state index contributed by atoms with van der Waals surface area (Å²) in [6, 6.07) is 7.33. The Kier molecular flexibility index (Phi) is 8.69. The molecule has 1 aliphatic rings. The van der Waals surface area contributed by atoms with E-state index in [1.54, 1.807) is 12.1 Å². The summed E-state index contributed by atoms with van der Waals surface area (Å²) in [4.78, 5) is 0. The Morgan fingerprint density at radius 3 is 2.11 bits per heavy atom. The lowest BCUT2D eigenvalue weighted by molar-refractivity contribution is 0.192. The number of aromatic hydroxyl groups is 1. The van der Waals surface area contributed by atoms with E-state index in [2.05, 4.69) is 0 Å². The van der Waals surface area contributed by atoms with Crippen LogP contribution in [0.15, 0.2) is 48.6 Å². The summed E-state index contributed by atoms with van der Waals surface area (Å²) in [6.07, 6.45) is 7.30. The molecule has 202 valence electrons. The fraction of sp³-hybridized carbons (Fsp3) is 0.333. The first kappa shape index (κ1) is 27.6. The van der Waals surface area contributed by atoms with Gasteiger partial charge in [0.05, 0.1) is 6.61 Å². The van der Waals surface area contributed by atoms with E-state index in [1.165, 1.54) is 0 Å². The highest BCUT2D eigenvalue weighted by Gasteiger charge is 2.27. The van der Waals surface area contributed by atoms with Gasteiger partial charge in [0.25, 0.3) is 0 Å². The summed E-state index contributed by atoms with van der Waals surface area (Å²) >= 11 is 0. The molecule has 1 N–H and O–H groups in total. The van der Waals surface area contributed by atoms with Crippen molar-refractivity contribution in [3.63, 3.8) is 0 Å². The number of hydrogen-bond donors (Lipinski definition) is 1. The van der Waals surface area contributed by atoms with Gasteiger partial charge in [-0.05, 0) is 92.7 Å². The van der Waals surface area contributed by atoms with Gasteiger partial charge in [-0.3, -0.25) is 0 Å². The van der Waals surface area contributed by atoms with E-state index in [4.69, 9.17) is 4.74 Å². The van der Waals surface area contributed by atoms with Gasteiger partial charge in [0, 0.05) is 11.1 Å². The third-order valence-electron chi connectivity index (χ3n) is 7.17. The second-order valence-electron chi connectivity index (χ2n) is 9.58. The van der Waals surface area contributed by atoms with Gasteiger partial charge in [0.1, 0.15) is 0 Å². The minimum atomic E-state index is -1.55. The maximum Gasteiger partial charge on any atom is 0.201 e. The van der Waals surface area contributed by atoms with Gasteiger partial charge in [0.15, 0.2) is 34.8 Å². The topological polar surface area (TPSA) is 29.5 Å². The SMILES string of the molecule is C/C=C/CCc1ccc(C2CCC(COc3ccc(-c4ccc(O)c(F)c4F)c(F)c3F)CC2)c(F)c1F. The van der Waals surface area contributed by atoms with Gasteiger partial charge >= 0.3 is 0 Å². The van der Waals surface area contributed by atoms with Crippen molar-refractivity contribution in [3.8, 4) is 22.6 Å². The molecule has 4 rings (SSSR count). The Morgan fingerprint density at radius 2 is 1.42 bits per heavy atom. The van der Waals surface area contributed by atoms with Gasteiger partial charge in [-0.15, -0.1) is 0 Å². The second-order valence-corrected chi connectivity index (χ2v) is 9.58. The first-order valence-corrected chi connectivity index (χ1v) is 12.6. The van der Waals surface area contributed by atoms with E-state index in [1.807, 2.05) is 19.1 Å². The van der Waals surface area contributed by atoms with Crippen LogP contribution in [0.25, 0.3) is 11.1 Å². The summed E-state index contributed by atoms with van der Waals surface area (Å²) in [5.41, 5.74) is -0.326. The number of hydrogen-bond acceptors (Lipinski definition) is 2. The number of allylic oxidation sites excluding steroid dienone is 2. The van der Waals surface area contributed by atoms with Gasteiger partial charge in [-0.1, -0.05) is 24.3 Å². The summed E-state index contributed by atoms with van der Waals surface area (Å²) in [6.45, 7) is 1.96. The summed E-state index contributed by atoms with van der Waals surface area (Å²) < 4.78 is 92.0. The third-order valence-corrected chi connectivity index (χ3v) is 7.17. The van der Waals surface area contributed by atoms with E-state index in [9.17, 15) is 31.4 Å². The summed E-state index contributed by atoms with van der Waals surface area (Å²) in [5.74, 6) is -8.82. The van der Waals surface area contributed by atoms with Crippen LogP contribution in [-0.4, -0.2) is 11.7 Å². The average molecular weight is 535 g/mol. The molecule has 0 bridgehead atoms. The van der Waals surface area contributed by atoms with E-state index in [0.29, 0.717) is 49.7 Å². The molecule has 0 saturated heterocycles. The Balaban J connectivity index is 1.37. The number of ether oxygens (including phenoxy) is 1. The molecule has 0 heterocycles. The van der Waals surface area contributed by atoms with Crippen LogP contribution in [0.3, 0.4) is 0 Å². The van der Waals surface area contributed by atoms with Crippen LogP contribution < -0.4 is 4.74 Å². The zero-order valence-electron chi connectivity index (χ0n) is 20.8. The standard InChI is InChI=1S/C30H28F6O2/c1-2-3-4-5-19-10-11-20(26(32)25(19)31)18-8-6-17(7-9-18)16-38-24-15-13-22(28(34)30(24)36)21-12-14-23(37)29(35)27(21)33/h2-3,10-15,17-18,37H,4-9,16H2,1H3/b3-2+. The van der Waals surface area contributed by atoms with Gasteiger partial charge < -0.3 is 9.84 Å². The maximum atomic E-state index is 14.8. The zero-order valence-corrected chi connectivity index (χ0v) is 20.8. The zero-order chi connectivity index (χ0) is 27.4. The molecule has 38 heavy (non-hydrogen) atoms. The number of aryl methyl sites for hydroxylation is 1. The lowest BCUT2D eigenvalue weighted by atomic mass is 9.78. The first-order valence-electron chi connectivity index (χ1n) is 12.6. The van der Waals surface area contributed by atoms with Crippen LogP contribution in [0.1, 0.15) is 56.1 Å². The molecule has 1 saturated carbocycles. The van der Waals surface area contributed by atoms with Gasteiger partial charge in [-0.25, -0.2) is 17.6 Å². The minimum absolute atomic E-state index is 0.00467. The van der Waals surface area contributed by atoms with Crippen molar-refractivity contribution in [1.29, 1.82) is 0 Å². The molecule has 0 spiro atoms. The molecule has 3 aromatic carbocycles. The van der Waals surface area contributed by atoms with Crippen molar-refractivity contribution in [1.82, 2.24) is 0 Å². The number of benzene rings is 3. The van der Waals surface area contributed by atoms with Gasteiger partial charge in [0.2, 0.25) is 11.6 Å². The molecule has 8 heteroatoms. The molecule has 0 aliphatic heterocycles. The van der Waals surface area contributed by atoms with Crippen molar-refractivity contribution in [2.45, 2.75) is 51.4 Å². The average Bonchev–Trinajstić information content (AvgIpc) is 2.92. The number of rotatable bonds is 8. The van der Waals surface area contributed by atoms with Crippen LogP contribution in [0.5, 0.6) is 11.5 Å². The predicted octanol–water partition coefficient (Wildman–Crippen LogP) is 8.76. The quantitative estimate of drug-likeness (QED) is 0.231. The van der Waals surface area contributed by atoms with Crippen LogP contribution in [0.4, 0.5) is 26.3 Å². The predicted molar refractivity (Wildman–Crippen MR) is 133 cm³/mol. The van der Waals surface area contributed by atoms with E-state index < -0.39 is 51.8 Å². The highest BCUT2D eigenvalue weighted by Crippen LogP contribution is 2.39. The van der Waals surface area contributed by atoms with Gasteiger partial charge in [-0.2, -0.15) is 8.78 Å². The van der Waals surface area contributed by atoms with Crippen molar-refractivity contribution < 1.29 is 36.2 Å². The molecule has 0 amide bonds. The summed E-state index contributed by atoms with van der Waals surface area (Å²) in [5, 5.41) is 9.25. The van der Waals surface area contributed by atoms with E-state index in [-0.39, 0.29) is 24.2 Å². The first-order chi connectivity index (χ1) is 18.2. The molecule has 0 radical (unpaired) electrons. The molecule has 0 atom stereocenters. The number of phenolic OH excluding ortho intramolecular Hbond substituents is 1. The normalized spacial score (nSPS) is 17.8. The lowest BCUT2D eigenvalue weighted by Gasteiger charge is -2.29. The van der Waals surface area contributed by atoms with Crippen molar-refractivity contribution in [2.24, 2.45) is 5.92 Å². The molecular weight excluding hydrogens is 506 g/mol. The Bertz CT molecular complexity index is 1330.